The maximum Gasteiger partial charge on any atom is 0.338 e. The van der Waals surface area contributed by atoms with Crippen LogP contribution in [0, 0.1) is 0 Å². The average Bonchev–Trinajstić information content (AvgIpc) is 3.53. The topological polar surface area (TPSA) is 77.0 Å². The molecular formula is C30H29N3O4S. The maximum atomic E-state index is 13.9. The van der Waals surface area contributed by atoms with Crippen LogP contribution in [0.2, 0.25) is 0 Å². The summed E-state index contributed by atoms with van der Waals surface area (Å²) < 4.78 is 13.6. The fraction of sp³-hybridized carbons (Fsp3) is 0.233. The average molecular weight is 528 g/mol. The Labute approximate surface area is 224 Å². The summed E-state index contributed by atoms with van der Waals surface area (Å²) in [6, 6.07) is 22.1. The third-order valence-corrected chi connectivity index (χ3v) is 7.43. The first kappa shape index (κ1) is 25.5. The summed E-state index contributed by atoms with van der Waals surface area (Å²) >= 11 is 1.28. The van der Waals surface area contributed by atoms with E-state index in [0.717, 1.165) is 30.1 Å². The van der Waals surface area contributed by atoms with Gasteiger partial charge in [0.2, 0.25) is 0 Å². The predicted octanol–water partition coefficient (Wildman–Crippen LogP) is 4.37. The Kier molecular flexibility index (Phi) is 7.42. The number of ether oxygens (including phenoxy) is 1. The molecular weight excluding hydrogens is 498 g/mol. The van der Waals surface area contributed by atoms with Crippen LogP contribution in [0.4, 0.5) is 5.88 Å². The standard InChI is InChI=1S/C30H29N3O4S/c1-4-32(5-2)24-18-17-22(37-24)19-23-28(34)33-27(21-15-11-8-12-16-21)25(29(35)36-6-3)26(31-30(33)38-23)20-13-9-7-10-14-20/h7-19,27H,4-6H2,1-3H3/t27-/m1/s1. The zero-order chi connectivity index (χ0) is 26.6. The zero-order valence-electron chi connectivity index (χ0n) is 21.6. The SMILES string of the molecule is CCOC(=O)C1=C(c2ccccc2)N=c2sc(=Cc3ccc(N(CC)CC)o3)c(=O)n2[C@@H]1c1ccccc1. The summed E-state index contributed by atoms with van der Waals surface area (Å²) in [5, 5.41) is 0. The van der Waals surface area contributed by atoms with Crippen molar-refractivity contribution in [2.45, 2.75) is 26.8 Å². The number of esters is 1. The van der Waals surface area contributed by atoms with E-state index in [2.05, 4.69) is 18.7 Å². The number of fused-ring (bicyclic) bond motifs is 1. The lowest BCUT2D eigenvalue weighted by Crippen LogP contribution is -2.39. The highest BCUT2D eigenvalue weighted by molar-refractivity contribution is 7.07. The minimum Gasteiger partial charge on any atom is -0.463 e. The first-order valence-electron chi connectivity index (χ1n) is 12.7. The van der Waals surface area contributed by atoms with Gasteiger partial charge in [-0.3, -0.25) is 9.36 Å². The maximum absolute atomic E-state index is 13.9. The van der Waals surface area contributed by atoms with Crippen LogP contribution in [-0.2, 0) is 9.53 Å². The molecule has 0 spiro atoms. The molecule has 38 heavy (non-hydrogen) atoms. The first-order chi connectivity index (χ1) is 18.5. The van der Waals surface area contributed by atoms with Gasteiger partial charge in [0, 0.05) is 30.8 Å². The van der Waals surface area contributed by atoms with Crippen molar-refractivity contribution in [3.63, 3.8) is 0 Å². The summed E-state index contributed by atoms with van der Waals surface area (Å²) in [4.78, 5) is 34.8. The number of carbonyl (C=O) groups is 1. The molecule has 4 aromatic rings. The molecule has 8 heteroatoms. The lowest BCUT2D eigenvalue weighted by atomic mass is 9.93. The number of hydrogen-bond donors (Lipinski definition) is 0. The van der Waals surface area contributed by atoms with Crippen LogP contribution < -0.4 is 19.8 Å². The molecule has 5 rings (SSSR count). The van der Waals surface area contributed by atoms with Gasteiger partial charge in [-0.2, -0.15) is 0 Å². The van der Waals surface area contributed by atoms with E-state index in [1.807, 2.05) is 72.8 Å². The number of rotatable bonds is 8. The van der Waals surface area contributed by atoms with Gasteiger partial charge in [0.25, 0.3) is 5.56 Å². The second-order valence-electron chi connectivity index (χ2n) is 8.69. The summed E-state index contributed by atoms with van der Waals surface area (Å²) in [6.45, 7) is 7.76. The molecule has 0 saturated heterocycles. The van der Waals surface area contributed by atoms with Crippen LogP contribution >= 0.6 is 11.3 Å². The molecule has 0 unspecified atom stereocenters. The highest BCUT2D eigenvalue weighted by Gasteiger charge is 2.35. The molecule has 0 bridgehead atoms. The molecule has 1 aliphatic heterocycles. The zero-order valence-corrected chi connectivity index (χ0v) is 22.4. The van der Waals surface area contributed by atoms with Crippen LogP contribution in [0.3, 0.4) is 0 Å². The number of benzene rings is 2. The second-order valence-corrected chi connectivity index (χ2v) is 9.70. The monoisotopic (exact) mass is 527 g/mol. The molecule has 1 aliphatic rings. The van der Waals surface area contributed by atoms with E-state index in [1.165, 1.54) is 11.3 Å². The minimum absolute atomic E-state index is 0.212. The molecule has 1 atom stereocenters. The highest BCUT2D eigenvalue weighted by atomic mass is 32.1. The fourth-order valence-electron chi connectivity index (χ4n) is 4.65. The van der Waals surface area contributed by atoms with Gasteiger partial charge in [-0.1, -0.05) is 72.0 Å². The largest absolute Gasteiger partial charge is 0.463 e. The van der Waals surface area contributed by atoms with Gasteiger partial charge in [0.1, 0.15) is 5.76 Å². The third-order valence-electron chi connectivity index (χ3n) is 6.45. The van der Waals surface area contributed by atoms with E-state index < -0.39 is 12.0 Å². The van der Waals surface area contributed by atoms with E-state index in [1.54, 1.807) is 17.6 Å². The molecule has 0 N–H and O–H groups in total. The van der Waals surface area contributed by atoms with Crippen LogP contribution in [0.5, 0.6) is 0 Å². The molecule has 3 heterocycles. The van der Waals surface area contributed by atoms with E-state index in [0.29, 0.717) is 26.4 Å². The summed E-state index contributed by atoms with van der Waals surface area (Å²) in [5.41, 5.74) is 2.19. The van der Waals surface area contributed by atoms with Crippen LogP contribution in [0.15, 0.2) is 92.6 Å². The van der Waals surface area contributed by atoms with Gasteiger partial charge in [-0.25, -0.2) is 9.79 Å². The Hall–Kier alpha value is -4.17. The number of hydrogen-bond acceptors (Lipinski definition) is 7. The Bertz CT molecular complexity index is 1640. The molecule has 7 nitrogen and oxygen atoms in total. The summed E-state index contributed by atoms with van der Waals surface area (Å²) in [5.74, 6) is 0.849. The van der Waals surface area contributed by atoms with Gasteiger partial charge in [-0.15, -0.1) is 0 Å². The number of anilines is 1. The number of aromatic nitrogens is 1. The highest BCUT2D eigenvalue weighted by Crippen LogP contribution is 2.35. The van der Waals surface area contributed by atoms with Crippen molar-refractivity contribution in [1.82, 2.24) is 4.57 Å². The second kappa shape index (κ2) is 11.1. The summed E-state index contributed by atoms with van der Waals surface area (Å²) in [6.07, 6.45) is 1.75. The van der Waals surface area contributed by atoms with Crippen molar-refractivity contribution < 1.29 is 13.9 Å². The van der Waals surface area contributed by atoms with Crippen molar-refractivity contribution in [1.29, 1.82) is 0 Å². The van der Waals surface area contributed by atoms with Gasteiger partial charge < -0.3 is 14.1 Å². The lowest BCUT2D eigenvalue weighted by Gasteiger charge is -2.25. The molecule has 2 aromatic heterocycles. The van der Waals surface area contributed by atoms with Gasteiger partial charge >= 0.3 is 5.97 Å². The predicted molar refractivity (Wildman–Crippen MR) is 150 cm³/mol. The summed E-state index contributed by atoms with van der Waals surface area (Å²) in [7, 11) is 0. The van der Waals surface area contributed by atoms with E-state index in [9.17, 15) is 9.59 Å². The Morgan fingerprint density at radius 2 is 1.71 bits per heavy atom. The van der Waals surface area contributed by atoms with Crippen LogP contribution in [0.1, 0.15) is 43.7 Å². The Balaban J connectivity index is 1.75. The van der Waals surface area contributed by atoms with Crippen molar-refractivity contribution in [2.75, 3.05) is 24.6 Å². The molecule has 0 saturated carbocycles. The van der Waals surface area contributed by atoms with E-state index in [-0.39, 0.29) is 12.2 Å². The number of furan rings is 1. The van der Waals surface area contributed by atoms with Crippen molar-refractivity contribution in [2.24, 2.45) is 4.99 Å². The first-order valence-corrected chi connectivity index (χ1v) is 13.6. The van der Waals surface area contributed by atoms with Crippen LogP contribution in [0.25, 0.3) is 11.8 Å². The van der Waals surface area contributed by atoms with E-state index in [4.69, 9.17) is 14.1 Å². The van der Waals surface area contributed by atoms with Crippen molar-refractivity contribution >= 4 is 35.0 Å². The molecule has 0 amide bonds. The number of thiazole rings is 1. The third kappa shape index (κ3) is 4.75. The van der Waals surface area contributed by atoms with Crippen molar-refractivity contribution in [3.8, 4) is 0 Å². The number of nitrogens with zero attached hydrogens (tertiary/aromatic N) is 3. The van der Waals surface area contributed by atoms with Crippen molar-refractivity contribution in [3.05, 3.63) is 115 Å². The molecule has 194 valence electrons. The Morgan fingerprint density at radius 3 is 2.37 bits per heavy atom. The molecule has 0 fully saturated rings. The van der Waals surface area contributed by atoms with E-state index >= 15 is 0 Å². The fourth-order valence-corrected chi connectivity index (χ4v) is 5.63. The van der Waals surface area contributed by atoms with Gasteiger partial charge in [-0.05, 0) is 32.4 Å². The van der Waals surface area contributed by atoms with Crippen LogP contribution in [-0.4, -0.2) is 30.2 Å². The lowest BCUT2D eigenvalue weighted by molar-refractivity contribution is -0.138. The van der Waals surface area contributed by atoms with Gasteiger partial charge in [0.15, 0.2) is 10.7 Å². The molecule has 2 aromatic carbocycles. The normalized spacial score (nSPS) is 15.2. The molecule has 0 radical (unpaired) electrons. The quantitative estimate of drug-likeness (QED) is 0.318. The Morgan fingerprint density at radius 1 is 1.03 bits per heavy atom. The minimum atomic E-state index is -0.688. The smallest absolute Gasteiger partial charge is 0.338 e. The molecule has 0 aliphatic carbocycles. The number of carbonyl (C=O) groups excluding carboxylic acids is 1. The van der Waals surface area contributed by atoms with Gasteiger partial charge in [0.05, 0.1) is 28.5 Å².